The van der Waals surface area contributed by atoms with Crippen molar-refractivity contribution in [3.05, 3.63) is 41.7 Å². The highest BCUT2D eigenvalue weighted by molar-refractivity contribution is 9.08. The van der Waals surface area contributed by atoms with E-state index in [1.165, 1.54) is 5.56 Å². The van der Waals surface area contributed by atoms with Crippen molar-refractivity contribution in [1.29, 1.82) is 0 Å². The molecule has 0 spiro atoms. The second kappa shape index (κ2) is 5.36. The van der Waals surface area contributed by atoms with Crippen LogP contribution in [0.3, 0.4) is 0 Å². The van der Waals surface area contributed by atoms with E-state index in [1.54, 1.807) is 6.20 Å². The molecule has 17 heavy (non-hydrogen) atoms. The fourth-order valence-electron chi connectivity index (χ4n) is 1.61. The summed E-state index contributed by atoms with van der Waals surface area (Å²) in [6, 6.07) is 6.16. The van der Waals surface area contributed by atoms with Gasteiger partial charge in [-0.05, 0) is 19.9 Å². The van der Waals surface area contributed by atoms with Gasteiger partial charge in [-0.15, -0.1) is 0 Å². The van der Waals surface area contributed by atoms with Gasteiger partial charge in [0.15, 0.2) is 5.75 Å². The molecule has 0 radical (unpaired) electrons. The monoisotopic (exact) mass is 294 g/mol. The Labute approximate surface area is 110 Å². The van der Waals surface area contributed by atoms with E-state index in [0.29, 0.717) is 0 Å². The van der Waals surface area contributed by atoms with Gasteiger partial charge < -0.3 is 4.74 Å². The van der Waals surface area contributed by atoms with Gasteiger partial charge in [-0.2, -0.15) is 5.10 Å². The zero-order chi connectivity index (χ0) is 12.3. The maximum Gasteiger partial charge on any atom is 0.165 e. The third kappa shape index (κ3) is 2.88. The van der Waals surface area contributed by atoms with Crippen LogP contribution in [0.2, 0.25) is 0 Å². The number of benzene rings is 1. The van der Waals surface area contributed by atoms with Gasteiger partial charge in [-0.1, -0.05) is 33.6 Å². The van der Waals surface area contributed by atoms with E-state index in [4.69, 9.17) is 4.74 Å². The molecule has 0 saturated heterocycles. The summed E-state index contributed by atoms with van der Waals surface area (Å²) in [7, 11) is 0. The van der Waals surface area contributed by atoms with E-state index in [1.807, 2.05) is 29.9 Å². The van der Waals surface area contributed by atoms with Crippen molar-refractivity contribution in [2.24, 2.45) is 0 Å². The SMILES string of the molecule is CCn1cc(Oc2ccc(C)cc2CBr)cn1. The molecule has 90 valence electrons. The summed E-state index contributed by atoms with van der Waals surface area (Å²) in [4.78, 5) is 0. The predicted octanol–water partition coefficient (Wildman–Crippen LogP) is 3.90. The lowest BCUT2D eigenvalue weighted by atomic mass is 10.1. The number of hydrogen-bond donors (Lipinski definition) is 0. The molecule has 1 heterocycles. The second-order valence-corrected chi connectivity index (χ2v) is 4.44. The number of halogens is 1. The fraction of sp³-hybridized carbons (Fsp3) is 0.308. The van der Waals surface area contributed by atoms with Gasteiger partial charge in [0.05, 0.1) is 12.4 Å². The molecule has 0 aliphatic rings. The van der Waals surface area contributed by atoms with Crippen LogP contribution in [0.5, 0.6) is 11.5 Å². The Morgan fingerprint density at radius 2 is 2.24 bits per heavy atom. The minimum Gasteiger partial charge on any atom is -0.454 e. The highest BCUT2D eigenvalue weighted by Gasteiger charge is 2.05. The van der Waals surface area contributed by atoms with Gasteiger partial charge in [-0.3, -0.25) is 4.68 Å². The smallest absolute Gasteiger partial charge is 0.165 e. The van der Waals surface area contributed by atoms with Crippen LogP contribution in [0.1, 0.15) is 18.1 Å². The van der Waals surface area contributed by atoms with Gasteiger partial charge in [0.2, 0.25) is 0 Å². The van der Waals surface area contributed by atoms with Crippen LogP contribution >= 0.6 is 15.9 Å². The molecule has 0 N–H and O–H groups in total. The Bertz CT molecular complexity index is 508. The van der Waals surface area contributed by atoms with Crippen LogP contribution in [0.25, 0.3) is 0 Å². The summed E-state index contributed by atoms with van der Waals surface area (Å²) in [6.45, 7) is 4.97. The predicted molar refractivity (Wildman–Crippen MR) is 71.8 cm³/mol. The molecule has 4 heteroatoms. The van der Waals surface area contributed by atoms with E-state index >= 15 is 0 Å². The lowest BCUT2D eigenvalue weighted by molar-refractivity contribution is 0.477. The van der Waals surface area contributed by atoms with E-state index in [0.717, 1.165) is 28.9 Å². The van der Waals surface area contributed by atoms with Crippen molar-refractivity contribution in [3.63, 3.8) is 0 Å². The van der Waals surface area contributed by atoms with Crippen molar-refractivity contribution in [2.45, 2.75) is 25.7 Å². The molecule has 0 fully saturated rings. The first-order valence-corrected chi connectivity index (χ1v) is 6.71. The van der Waals surface area contributed by atoms with Crippen molar-refractivity contribution >= 4 is 15.9 Å². The molecule has 0 atom stereocenters. The standard InChI is InChI=1S/C13H15BrN2O/c1-3-16-9-12(8-15-16)17-13-5-4-10(2)6-11(13)7-14/h4-6,8-9H,3,7H2,1-2H3. The highest BCUT2D eigenvalue weighted by Crippen LogP contribution is 2.27. The van der Waals surface area contributed by atoms with E-state index < -0.39 is 0 Å². The molecule has 0 saturated carbocycles. The molecule has 0 unspecified atom stereocenters. The largest absolute Gasteiger partial charge is 0.454 e. The number of rotatable bonds is 4. The summed E-state index contributed by atoms with van der Waals surface area (Å²) in [5, 5.41) is 4.97. The van der Waals surface area contributed by atoms with E-state index in [2.05, 4.69) is 34.0 Å². The van der Waals surface area contributed by atoms with Crippen molar-refractivity contribution in [1.82, 2.24) is 9.78 Å². The van der Waals surface area contributed by atoms with Gasteiger partial charge >= 0.3 is 0 Å². The van der Waals surface area contributed by atoms with Crippen LogP contribution in [0.4, 0.5) is 0 Å². The molecule has 1 aromatic carbocycles. The number of nitrogens with zero attached hydrogens (tertiary/aromatic N) is 2. The third-order valence-electron chi connectivity index (χ3n) is 2.52. The average Bonchev–Trinajstić information content (AvgIpc) is 2.79. The summed E-state index contributed by atoms with van der Waals surface area (Å²) < 4.78 is 7.67. The van der Waals surface area contributed by atoms with Gasteiger partial charge in [0.1, 0.15) is 5.75 Å². The molecule has 0 amide bonds. The van der Waals surface area contributed by atoms with Crippen molar-refractivity contribution in [3.8, 4) is 11.5 Å². The first-order chi connectivity index (χ1) is 8.22. The van der Waals surface area contributed by atoms with Crippen molar-refractivity contribution in [2.75, 3.05) is 0 Å². The van der Waals surface area contributed by atoms with Crippen LogP contribution in [-0.2, 0) is 11.9 Å². The van der Waals surface area contributed by atoms with Crippen LogP contribution < -0.4 is 4.74 Å². The molecule has 0 aliphatic carbocycles. The second-order valence-electron chi connectivity index (χ2n) is 3.88. The zero-order valence-corrected chi connectivity index (χ0v) is 11.6. The molecule has 2 rings (SSSR count). The molecular weight excluding hydrogens is 280 g/mol. The Hall–Kier alpha value is -1.29. The zero-order valence-electron chi connectivity index (χ0n) is 9.98. The van der Waals surface area contributed by atoms with Crippen LogP contribution in [0, 0.1) is 6.92 Å². The summed E-state index contributed by atoms with van der Waals surface area (Å²) >= 11 is 3.47. The molecule has 0 aliphatic heterocycles. The molecule has 1 aromatic heterocycles. The Morgan fingerprint density at radius 3 is 2.88 bits per heavy atom. The topological polar surface area (TPSA) is 27.1 Å². The summed E-state index contributed by atoms with van der Waals surface area (Å²) in [6.07, 6.45) is 3.64. The van der Waals surface area contributed by atoms with E-state index in [-0.39, 0.29) is 0 Å². The maximum atomic E-state index is 5.82. The quantitative estimate of drug-likeness (QED) is 0.800. The lowest BCUT2D eigenvalue weighted by Crippen LogP contribution is -1.92. The number of alkyl halides is 1. The third-order valence-corrected chi connectivity index (χ3v) is 3.13. The van der Waals surface area contributed by atoms with Gasteiger partial charge in [0.25, 0.3) is 0 Å². The molecule has 2 aromatic rings. The van der Waals surface area contributed by atoms with Gasteiger partial charge in [-0.25, -0.2) is 0 Å². The van der Waals surface area contributed by atoms with E-state index in [9.17, 15) is 0 Å². The molecule has 3 nitrogen and oxygen atoms in total. The average molecular weight is 295 g/mol. The number of aromatic nitrogens is 2. The van der Waals surface area contributed by atoms with Crippen LogP contribution in [0.15, 0.2) is 30.6 Å². The fourth-order valence-corrected chi connectivity index (χ4v) is 2.05. The van der Waals surface area contributed by atoms with Gasteiger partial charge in [0, 0.05) is 17.4 Å². The summed E-state index contributed by atoms with van der Waals surface area (Å²) in [5.41, 5.74) is 2.38. The Morgan fingerprint density at radius 1 is 1.41 bits per heavy atom. The number of aryl methyl sites for hydroxylation is 2. The minimum atomic E-state index is 0.776. The highest BCUT2D eigenvalue weighted by atomic mass is 79.9. The Balaban J connectivity index is 2.23. The maximum absolute atomic E-state index is 5.82. The van der Waals surface area contributed by atoms with Crippen molar-refractivity contribution < 1.29 is 4.74 Å². The molecular formula is C13H15BrN2O. The minimum absolute atomic E-state index is 0.776. The molecule has 0 bridgehead atoms. The normalized spacial score (nSPS) is 10.5. The number of ether oxygens (including phenoxy) is 1. The summed E-state index contributed by atoms with van der Waals surface area (Å²) in [5.74, 6) is 1.65. The number of hydrogen-bond acceptors (Lipinski definition) is 2. The first kappa shape index (κ1) is 12.2. The Kier molecular flexibility index (Phi) is 3.84. The lowest BCUT2D eigenvalue weighted by Gasteiger charge is -2.08. The first-order valence-electron chi connectivity index (χ1n) is 5.58. The van der Waals surface area contributed by atoms with Crippen LogP contribution in [-0.4, -0.2) is 9.78 Å².